The van der Waals surface area contributed by atoms with E-state index in [0.29, 0.717) is 27.1 Å². The third-order valence-electron chi connectivity index (χ3n) is 4.09. The SMILES string of the molecule is CNC(=O)c1ccc2c(Br)c(C(=N)c3c(N)ncnc3NC(C)(C)C)[nH]c2c1. The van der Waals surface area contributed by atoms with Gasteiger partial charge < -0.3 is 21.4 Å². The van der Waals surface area contributed by atoms with Crippen LogP contribution in [0.1, 0.15) is 42.4 Å². The van der Waals surface area contributed by atoms with Crippen molar-refractivity contribution < 1.29 is 4.79 Å². The summed E-state index contributed by atoms with van der Waals surface area (Å²) in [4.78, 5) is 23.4. The Morgan fingerprint density at radius 3 is 2.64 bits per heavy atom. The Morgan fingerprint density at radius 1 is 1.29 bits per heavy atom. The van der Waals surface area contributed by atoms with E-state index in [2.05, 4.69) is 41.5 Å². The maximum atomic E-state index is 11.9. The highest BCUT2D eigenvalue weighted by atomic mass is 79.9. The van der Waals surface area contributed by atoms with Gasteiger partial charge in [0.15, 0.2) is 0 Å². The minimum atomic E-state index is -0.268. The van der Waals surface area contributed by atoms with Crippen LogP contribution in [0.4, 0.5) is 11.6 Å². The number of aromatic amines is 1. The van der Waals surface area contributed by atoms with Gasteiger partial charge in [-0.15, -0.1) is 0 Å². The second-order valence-corrected chi connectivity index (χ2v) is 8.18. The Kier molecular flexibility index (Phi) is 5.12. The van der Waals surface area contributed by atoms with Gasteiger partial charge in [-0.2, -0.15) is 0 Å². The van der Waals surface area contributed by atoms with E-state index in [1.54, 1.807) is 19.2 Å². The van der Waals surface area contributed by atoms with Crippen LogP contribution in [0, 0.1) is 5.41 Å². The number of fused-ring (bicyclic) bond motifs is 1. The molecule has 0 unspecified atom stereocenters. The van der Waals surface area contributed by atoms with Gasteiger partial charge in [0.1, 0.15) is 18.0 Å². The zero-order valence-electron chi connectivity index (χ0n) is 16.1. The third-order valence-corrected chi connectivity index (χ3v) is 4.92. The molecule has 0 saturated carbocycles. The van der Waals surface area contributed by atoms with Crippen LogP contribution in [0.25, 0.3) is 10.9 Å². The van der Waals surface area contributed by atoms with Crippen LogP contribution >= 0.6 is 15.9 Å². The highest BCUT2D eigenvalue weighted by Crippen LogP contribution is 2.32. The number of nitrogens with two attached hydrogens (primary N) is 1. The maximum Gasteiger partial charge on any atom is 0.251 e. The van der Waals surface area contributed by atoms with Gasteiger partial charge in [-0.3, -0.25) is 10.2 Å². The lowest BCUT2D eigenvalue weighted by molar-refractivity contribution is 0.0963. The van der Waals surface area contributed by atoms with Crippen molar-refractivity contribution in [3.05, 3.63) is 45.8 Å². The summed E-state index contributed by atoms with van der Waals surface area (Å²) >= 11 is 3.56. The lowest BCUT2D eigenvalue weighted by Gasteiger charge is -2.23. The smallest absolute Gasteiger partial charge is 0.251 e. The number of nitrogens with one attached hydrogen (secondary N) is 4. The molecule has 6 N–H and O–H groups in total. The van der Waals surface area contributed by atoms with Gasteiger partial charge >= 0.3 is 0 Å². The first-order chi connectivity index (χ1) is 13.1. The molecular formula is C19H22BrN7O. The highest BCUT2D eigenvalue weighted by molar-refractivity contribution is 9.10. The van der Waals surface area contributed by atoms with E-state index in [0.717, 1.165) is 10.9 Å². The normalized spacial score (nSPS) is 11.5. The predicted octanol–water partition coefficient (Wildman–Crippen LogP) is 3.29. The van der Waals surface area contributed by atoms with Gasteiger partial charge in [0.2, 0.25) is 0 Å². The van der Waals surface area contributed by atoms with Crippen molar-refractivity contribution in [2.75, 3.05) is 18.1 Å². The zero-order chi connectivity index (χ0) is 20.6. The number of aromatic nitrogens is 3. The summed E-state index contributed by atoms with van der Waals surface area (Å²) in [5.74, 6) is 0.520. The van der Waals surface area contributed by atoms with Crippen LogP contribution in [0.15, 0.2) is 29.0 Å². The van der Waals surface area contributed by atoms with Crippen molar-refractivity contribution in [1.82, 2.24) is 20.3 Å². The molecule has 0 fully saturated rings. The number of carbonyl (C=O) groups excluding carboxylic acids is 1. The van der Waals surface area contributed by atoms with Crippen LogP contribution in [0.3, 0.4) is 0 Å². The molecule has 146 valence electrons. The van der Waals surface area contributed by atoms with Crippen molar-refractivity contribution in [3.63, 3.8) is 0 Å². The third kappa shape index (κ3) is 3.70. The van der Waals surface area contributed by atoms with Crippen molar-refractivity contribution in [2.45, 2.75) is 26.3 Å². The number of carbonyl (C=O) groups is 1. The van der Waals surface area contributed by atoms with Crippen LogP contribution < -0.4 is 16.4 Å². The Hall–Kier alpha value is -2.94. The van der Waals surface area contributed by atoms with Gasteiger partial charge in [-0.05, 0) is 48.8 Å². The predicted molar refractivity (Wildman–Crippen MR) is 115 cm³/mol. The van der Waals surface area contributed by atoms with Gasteiger partial charge in [0, 0.05) is 29.1 Å². The Balaban J connectivity index is 2.12. The molecule has 3 aromatic rings. The van der Waals surface area contributed by atoms with Gasteiger partial charge in [0.05, 0.1) is 21.4 Å². The number of nitrogens with zero attached hydrogens (tertiary/aromatic N) is 2. The summed E-state index contributed by atoms with van der Waals surface area (Å²) < 4.78 is 0.709. The van der Waals surface area contributed by atoms with Gasteiger partial charge in [-0.1, -0.05) is 6.07 Å². The first-order valence-corrected chi connectivity index (χ1v) is 9.43. The maximum absolute atomic E-state index is 11.9. The van der Waals surface area contributed by atoms with Crippen LogP contribution in [0.5, 0.6) is 0 Å². The van der Waals surface area contributed by atoms with Gasteiger partial charge in [0.25, 0.3) is 5.91 Å². The minimum Gasteiger partial charge on any atom is -0.383 e. The summed E-state index contributed by atoms with van der Waals surface area (Å²) in [6, 6.07) is 5.31. The Labute approximate surface area is 171 Å². The number of halogens is 1. The molecule has 8 nitrogen and oxygen atoms in total. The van der Waals surface area contributed by atoms with E-state index in [-0.39, 0.29) is 23.0 Å². The molecule has 3 rings (SSSR count). The van der Waals surface area contributed by atoms with E-state index in [4.69, 9.17) is 11.1 Å². The Bertz CT molecular complexity index is 1080. The number of hydrogen-bond donors (Lipinski definition) is 5. The summed E-state index contributed by atoms with van der Waals surface area (Å²) in [7, 11) is 1.58. The lowest BCUT2D eigenvalue weighted by atomic mass is 10.1. The van der Waals surface area contributed by atoms with Crippen molar-refractivity contribution in [2.24, 2.45) is 0 Å². The van der Waals surface area contributed by atoms with E-state index < -0.39 is 0 Å². The fraction of sp³-hybridized carbons (Fsp3) is 0.263. The zero-order valence-corrected chi connectivity index (χ0v) is 17.7. The number of rotatable bonds is 4. The molecule has 0 radical (unpaired) electrons. The summed E-state index contributed by atoms with van der Waals surface area (Å²) in [6.45, 7) is 5.99. The molecule has 1 aromatic carbocycles. The van der Waals surface area contributed by atoms with Crippen molar-refractivity contribution >= 4 is 50.1 Å². The summed E-state index contributed by atoms with van der Waals surface area (Å²) in [6.07, 6.45) is 1.37. The molecule has 0 aliphatic carbocycles. The van der Waals surface area contributed by atoms with E-state index in [9.17, 15) is 4.79 Å². The molecule has 28 heavy (non-hydrogen) atoms. The van der Waals surface area contributed by atoms with Crippen molar-refractivity contribution in [1.29, 1.82) is 5.41 Å². The molecule has 0 atom stereocenters. The monoisotopic (exact) mass is 443 g/mol. The number of amides is 1. The van der Waals surface area contributed by atoms with E-state index >= 15 is 0 Å². The molecule has 0 bridgehead atoms. The molecule has 0 aliphatic rings. The Morgan fingerprint density at radius 2 is 2.00 bits per heavy atom. The van der Waals surface area contributed by atoms with E-state index in [1.807, 2.05) is 26.8 Å². The van der Waals surface area contributed by atoms with Crippen molar-refractivity contribution in [3.8, 4) is 0 Å². The first-order valence-electron chi connectivity index (χ1n) is 8.63. The highest BCUT2D eigenvalue weighted by Gasteiger charge is 2.23. The second-order valence-electron chi connectivity index (χ2n) is 7.39. The molecule has 2 aromatic heterocycles. The summed E-state index contributed by atoms with van der Waals surface area (Å²) in [5.41, 5.74) is 8.17. The van der Waals surface area contributed by atoms with Crippen LogP contribution in [-0.4, -0.2) is 39.2 Å². The standard InChI is InChI=1S/C19H22BrN7O/c1-19(2,3)27-17-12(16(22)24-8-25-17)14(21)15-13(20)10-6-5-9(18(28)23-4)7-11(10)26-15/h5-8,21,26H,1-4H3,(H,23,28)(H3,22,24,25,27). The largest absolute Gasteiger partial charge is 0.383 e. The number of hydrogen-bond acceptors (Lipinski definition) is 6. The van der Waals surface area contributed by atoms with E-state index in [1.165, 1.54) is 6.33 Å². The topological polar surface area (TPSA) is 133 Å². The molecule has 1 amide bonds. The lowest BCUT2D eigenvalue weighted by Crippen LogP contribution is -2.28. The van der Waals surface area contributed by atoms with Crippen LogP contribution in [-0.2, 0) is 0 Å². The number of anilines is 2. The molecule has 0 aliphatic heterocycles. The summed E-state index contributed by atoms with van der Waals surface area (Å²) in [5, 5.41) is 15.5. The van der Waals surface area contributed by atoms with Crippen LogP contribution in [0.2, 0.25) is 0 Å². The van der Waals surface area contributed by atoms with Gasteiger partial charge in [-0.25, -0.2) is 9.97 Å². The first kappa shape index (κ1) is 19.8. The molecule has 9 heteroatoms. The average Bonchev–Trinajstić information content (AvgIpc) is 2.95. The number of H-pyrrole nitrogens is 1. The minimum absolute atomic E-state index is 0.148. The molecular weight excluding hydrogens is 422 g/mol. The fourth-order valence-electron chi connectivity index (χ4n) is 2.84. The quantitative estimate of drug-likeness (QED) is 0.394. The molecule has 0 spiro atoms. The second kappa shape index (κ2) is 7.23. The fourth-order valence-corrected chi connectivity index (χ4v) is 3.48. The molecule has 0 saturated heterocycles. The number of benzene rings is 1. The molecule has 2 heterocycles. The number of nitrogen functional groups attached to an aromatic ring is 1. The average molecular weight is 444 g/mol.